The summed E-state index contributed by atoms with van der Waals surface area (Å²) in [4.78, 5) is 15.5. The van der Waals surface area contributed by atoms with Crippen molar-refractivity contribution >= 4 is 23.3 Å². The van der Waals surface area contributed by atoms with Crippen molar-refractivity contribution in [1.29, 1.82) is 0 Å². The van der Waals surface area contributed by atoms with Gasteiger partial charge in [-0.1, -0.05) is 23.7 Å². The first-order valence-corrected chi connectivity index (χ1v) is 6.31. The molecule has 1 heterocycles. The average Bonchev–Trinajstić information content (AvgIpc) is 2.40. The van der Waals surface area contributed by atoms with Crippen molar-refractivity contribution in [2.75, 3.05) is 11.9 Å². The highest BCUT2D eigenvalue weighted by Gasteiger charge is 2.01. The van der Waals surface area contributed by atoms with Crippen molar-refractivity contribution in [2.45, 2.75) is 6.42 Å². The van der Waals surface area contributed by atoms with Crippen LogP contribution in [0.25, 0.3) is 0 Å². The van der Waals surface area contributed by atoms with Crippen molar-refractivity contribution in [3.63, 3.8) is 0 Å². The Morgan fingerprint density at radius 2 is 2.16 bits per heavy atom. The van der Waals surface area contributed by atoms with E-state index in [1.165, 1.54) is 0 Å². The summed E-state index contributed by atoms with van der Waals surface area (Å²) in [5, 5.41) is 6.18. The van der Waals surface area contributed by atoms with Crippen LogP contribution in [0, 0.1) is 0 Å². The number of benzene rings is 1. The molecule has 2 rings (SSSR count). The van der Waals surface area contributed by atoms with Crippen LogP contribution >= 0.6 is 11.6 Å². The summed E-state index contributed by atoms with van der Waals surface area (Å²) in [5.41, 5.74) is 1.76. The van der Waals surface area contributed by atoms with Crippen LogP contribution in [0.5, 0.6) is 0 Å². The lowest BCUT2D eigenvalue weighted by molar-refractivity contribution is 0.252. The maximum absolute atomic E-state index is 11.6. The molecule has 4 nitrogen and oxygen atoms in total. The number of hydrogen-bond acceptors (Lipinski definition) is 2. The Bertz CT molecular complexity index is 545. The van der Waals surface area contributed by atoms with E-state index in [0.29, 0.717) is 17.3 Å². The van der Waals surface area contributed by atoms with Crippen molar-refractivity contribution in [2.24, 2.45) is 0 Å². The first-order chi connectivity index (χ1) is 9.24. The molecule has 0 aliphatic carbocycles. The van der Waals surface area contributed by atoms with Gasteiger partial charge in [0.25, 0.3) is 0 Å². The summed E-state index contributed by atoms with van der Waals surface area (Å²) in [6, 6.07) is 10.9. The minimum absolute atomic E-state index is 0.241. The average molecular weight is 276 g/mol. The number of rotatable bonds is 4. The molecular formula is C14H14ClN3O. The molecule has 1 aromatic heterocycles. The van der Waals surface area contributed by atoms with Gasteiger partial charge in [0.15, 0.2) is 0 Å². The highest BCUT2D eigenvalue weighted by atomic mass is 35.5. The lowest BCUT2D eigenvalue weighted by Gasteiger charge is -2.07. The van der Waals surface area contributed by atoms with Gasteiger partial charge in [-0.15, -0.1) is 0 Å². The zero-order valence-corrected chi connectivity index (χ0v) is 11.0. The van der Waals surface area contributed by atoms with E-state index in [-0.39, 0.29) is 6.03 Å². The predicted octanol–water partition coefficient (Wildman–Crippen LogP) is 3.10. The van der Waals surface area contributed by atoms with Crippen LogP contribution in [0.3, 0.4) is 0 Å². The Hall–Kier alpha value is -2.07. The molecular weight excluding hydrogens is 262 g/mol. The van der Waals surface area contributed by atoms with E-state index in [2.05, 4.69) is 15.6 Å². The van der Waals surface area contributed by atoms with E-state index in [1.54, 1.807) is 24.5 Å². The molecule has 0 spiro atoms. The van der Waals surface area contributed by atoms with E-state index in [9.17, 15) is 4.79 Å². The maximum Gasteiger partial charge on any atom is 0.319 e. The third-order valence-corrected chi connectivity index (χ3v) is 2.74. The molecule has 2 N–H and O–H groups in total. The first-order valence-electron chi connectivity index (χ1n) is 5.93. The van der Waals surface area contributed by atoms with E-state index in [0.717, 1.165) is 12.0 Å². The lowest BCUT2D eigenvalue weighted by atomic mass is 10.1. The number of anilines is 1. The molecule has 2 amide bonds. The van der Waals surface area contributed by atoms with Gasteiger partial charge in [-0.2, -0.15) is 0 Å². The standard InChI is InChI=1S/C14H14ClN3O/c15-12-4-1-3-11(9-12)6-8-17-14(19)18-13-5-2-7-16-10-13/h1-5,7,9-10H,6,8H2,(H2,17,18,19). The number of pyridine rings is 1. The van der Waals surface area contributed by atoms with Gasteiger partial charge in [0.2, 0.25) is 0 Å². The molecule has 0 atom stereocenters. The van der Waals surface area contributed by atoms with Crippen LogP contribution in [0.2, 0.25) is 5.02 Å². The molecule has 0 aliphatic rings. The summed E-state index contributed by atoms with van der Waals surface area (Å²) >= 11 is 5.89. The topological polar surface area (TPSA) is 54.0 Å². The van der Waals surface area contributed by atoms with Gasteiger partial charge in [0.05, 0.1) is 11.9 Å². The molecule has 5 heteroatoms. The van der Waals surface area contributed by atoms with Crippen LogP contribution < -0.4 is 10.6 Å². The Labute approximate surface area is 116 Å². The molecule has 19 heavy (non-hydrogen) atoms. The highest BCUT2D eigenvalue weighted by molar-refractivity contribution is 6.30. The minimum Gasteiger partial charge on any atom is -0.338 e. The number of urea groups is 1. The summed E-state index contributed by atoms with van der Waals surface area (Å²) in [5.74, 6) is 0. The highest BCUT2D eigenvalue weighted by Crippen LogP contribution is 2.10. The third kappa shape index (κ3) is 4.60. The number of nitrogens with zero attached hydrogens (tertiary/aromatic N) is 1. The molecule has 0 saturated carbocycles. The van der Waals surface area contributed by atoms with Gasteiger partial charge in [0.1, 0.15) is 0 Å². The monoisotopic (exact) mass is 275 g/mol. The fraction of sp³-hybridized carbons (Fsp3) is 0.143. The van der Waals surface area contributed by atoms with E-state index < -0.39 is 0 Å². The summed E-state index contributed by atoms with van der Waals surface area (Å²) in [6.45, 7) is 0.548. The Balaban J connectivity index is 1.75. The maximum atomic E-state index is 11.6. The molecule has 0 saturated heterocycles. The minimum atomic E-state index is -0.241. The van der Waals surface area contributed by atoms with Gasteiger partial charge in [-0.05, 0) is 36.2 Å². The summed E-state index contributed by atoms with van der Waals surface area (Å²) < 4.78 is 0. The Morgan fingerprint density at radius 3 is 2.89 bits per heavy atom. The smallest absolute Gasteiger partial charge is 0.319 e. The number of carbonyl (C=O) groups excluding carboxylic acids is 1. The van der Waals surface area contributed by atoms with Gasteiger partial charge in [-0.25, -0.2) is 4.79 Å². The molecule has 0 radical (unpaired) electrons. The lowest BCUT2D eigenvalue weighted by Crippen LogP contribution is -2.30. The number of aromatic nitrogens is 1. The Morgan fingerprint density at radius 1 is 1.26 bits per heavy atom. The molecule has 0 unspecified atom stereocenters. The summed E-state index contributed by atoms with van der Waals surface area (Å²) in [7, 11) is 0. The molecule has 98 valence electrons. The third-order valence-electron chi connectivity index (χ3n) is 2.51. The number of nitrogens with one attached hydrogen (secondary N) is 2. The fourth-order valence-corrected chi connectivity index (χ4v) is 1.84. The van der Waals surface area contributed by atoms with Crippen LogP contribution in [0.15, 0.2) is 48.8 Å². The zero-order chi connectivity index (χ0) is 13.5. The second-order valence-corrected chi connectivity index (χ2v) is 4.44. The van der Waals surface area contributed by atoms with Crippen LogP contribution in [-0.4, -0.2) is 17.6 Å². The summed E-state index contributed by atoms with van der Waals surface area (Å²) in [6.07, 6.45) is 3.99. The van der Waals surface area contributed by atoms with Gasteiger partial charge in [0, 0.05) is 17.8 Å². The van der Waals surface area contributed by atoms with Gasteiger partial charge < -0.3 is 10.6 Å². The fourth-order valence-electron chi connectivity index (χ4n) is 1.62. The second kappa shape index (κ2) is 6.75. The first kappa shape index (κ1) is 13.4. The van der Waals surface area contributed by atoms with Crippen LogP contribution in [0.1, 0.15) is 5.56 Å². The van der Waals surface area contributed by atoms with Crippen molar-refractivity contribution in [3.8, 4) is 0 Å². The Kier molecular flexibility index (Phi) is 4.75. The van der Waals surface area contributed by atoms with Crippen LogP contribution in [0.4, 0.5) is 10.5 Å². The van der Waals surface area contributed by atoms with Crippen molar-refractivity contribution in [3.05, 3.63) is 59.4 Å². The van der Waals surface area contributed by atoms with Crippen molar-refractivity contribution in [1.82, 2.24) is 10.3 Å². The normalized spacial score (nSPS) is 9.95. The SMILES string of the molecule is O=C(NCCc1cccc(Cl)c1)Nc1cccnc1. The number of carbonyl (C=O) groups is 1. The van der Waals surface area contributed by atoms with E-state index in [1.807, 2.05) is 24.3 Å². The quantitative estimate of drug-likeness (QED) is 0.901. The second-order valence-electron chi connectivity index (χ2n) is 4.00. The van der Waals surface area contributed by atoms with Gasteiger partial charge >= 0.3 is 6.03 Å². The molecule has 2 aromatic rings. The zero-order valence-electron chi connectivity index (χ0n) is 10.3. The molecule has 0 fully saturated rings. The molecule has 0 bridgehead atoms. The van der Waals surface area contributed by atoms with E-state index in [4.69, 9.17) is 11.6 Å². The van der Waals surface area contributed by atoms with E-state index >= 15 is 0 Å². The van der Waals surface area contributed by atoms with Gasteiger partial charge in [-0.3, -0.25) is 4.98 Å². The largest absolute Gasteiger partial charge is 0.338 e. The number of amides is 2. The van der Waals surface area contributed by atoms with Crippen molar-refractivity contribution < 1.29 is 4.79 Å². The number of halogens is 1. The molecule has 1 aromatic carbocycles. The molecule has 0 aliphatic heterocycles. The predicted molar refractivity (Wildman–Crippen MR) is 76.4 cm³/mol. The number of hydrogen-bond donors (Lipinski definition) is 2. The van der Waals surface area contributed by atoms with Crippen LogP contribution in [-0.2, 0) is 6.42 Å².